The number of hydrogen-bond acceptors (Lipinski definition) is 3. The van der Waals surface area contributed by atoms with Gasteiger partial charge in [-0.2, -0.15) is 0 Å². The van der Waals surface area contributed by atoms with Gasteiger partial charge in [0.1, 0.15) is 12.4 Å². The Kier molecular flexibility index (Phi) is 3.64. The Morgan fingerprint density at radius 1 is 1.32 bits per heavy atom. The van der Waals surface area contributed by atoms with E-state index in [0.29, 0.717) is 25.0 Å². The number of ether oxygens (including phenoxy) is 1. The van der Waals surface area contributed by atoms with E-state index in [4.69, 9.17) is 4.74 Å². The van der Waals surface area contributed by atoms with Crippen molar-refractivity contribution in [1.82, 2.24) is 4.90 Å². The molecule has 2 heterocycles. The lowest BCUT2D eigenvalue weighted by molar-refractivity contribution is -0.152. The van der Waals surface area contributed by atoms with Crippen molar-refractivity contribution in [3.8, 4) is 5.75 Å². The second-order valence-electron chi connectivity index (χ2n) is 6.19. The molecule has 1 fully saturated rings. The third-order valence-corrected chi connectivity index (χ3v) is 4.41. The fourth-order valence-corrected chi connectivity index (χ4v) is 3.03. The maximum Gasteiger partial charge on any atom is 0.311 e. The fourth-order valence-electron chi connectivity index (χ4n) is 3.03. The maximum absolute atomic E-state index is 12.7. The van der Waals surface area contributed by atoms with Crippen molar-refractivity contribution in [1.29, 1.82) is 0 Å². The van der Waals surface area contributed by atoms with E-state index in [2.05, 4.69) is 0 Å². The van der Waals surface area contributed by atoms with Crippen LogP contribution in [0.2, 0.25) is 0 Å². The molecule has 1 amide bonds. The lowest BCUT2D eigenvalue weighted by Gasteiger charge is -2.38. The number of carboxylic acid groups (broad SMARTS) is 1. The third-order valence-electron chi connectivity index (χ3n) is 4.41. The van der Waals surface area contributed by atoms with Crippen LogP contribution in [0.4, 0.5) is 0 Å². The number of piperidine rings is 1. The van der Waals surface area contributed by atoms with Gasteiger partial charge in [-0.3, -0.25) is 9.59 Å². The zero-order valence-corrected chi connectivity index (χ0v) is 12.5. The van der Waals surface area contributed by atoms with Crippen LogP contribution >= 0.6 is 0 Å². The highest BCUT2D eigenvalue weighted by Crippen LogP contribution is 2.32. The largest absolute Gasteiger partial charge is 0.488 e. The molecule has 22 heavy (non-hydrogen) atoms. The van der Waals surface area contributed by atoms with E-state index < -0.39 is 11.4 Å². The van der Waals surface area contributed by atoms with Gasteiger partial charge in [0.25, 0.3) is 5.91 Å². The van der Waals surface area contributed by atoms with Crippen LogP contribution < -0.4 is 4.74 Å². The van der Waals surface area contributed by atoms with Crippen molar-refractivity contribution in [2.75, 3.05) is 19.7 Å². The molecule has 1 saturated heterocycles. The average molecular weight is 301 g/mol. The molecule has 2 aliphatic heterocycles. The number of benzene rings is 1. The molecule has 5 nitrogen and oxygen atoms in total. The molecule has 1 N–H and O–H groups in total. The van der Waals surface area contributed by atoms with Gasteiger partial charge in [-0.1, -0.05) is 18.2 Å². The number of hydrogen-bond donors (Lipinski definition) is 1. The standard InChI is InChI=1S/C17H19NO4/c1-17(16(20)21)7-4-8-18(11-17)15(19)13-9-12-5-2-3-6-14(12)22-10-13/h2-3,5-6,9H,4,7-8,10-11H2,1H3,(H,20,21). The molecule has 0 spiro atoms. The minimum atomic E-state index is -0.859. The molecule has 2 aliphatic rings. The van der Waals surface area contributed by atoms with Gasteiger partial charge in [0.2, 0.25) is 0 Å². The number of carbonyl (C=O) groups is 2. The normalized spacial score (nSPS) is 24.0. The minimum absolute atomic E-state index is 0.123. The summed E-state index contributed by atoms with van der Waals surface area (Å²) in [5.41, 5.74) is 0.602. The second-order valence-corrected chi connectivity index (χ2v) is 6.19. The Hall–Kier alpha value is -2.30. The van der Waals surface area contributed by atoms with Crippen LogP contribution in [0.1, 0.15) is 25.3 Å². The molecule has 1 aromatic carbocycles. The molecule has 0 radical (unpaired) electrons. The quantitative estimate of drug-likeness (QED) is 0.909. The first-order valence-electron chi connectivity index (χ1n) is 7.45. The Labute approximate surface area is 129 Å². The van der Waals surface area contributed by atoms with E-state index in [9.17, 15) is 14.7 Å². The first-order valence-corrected chi connectivity index (χ1v) is 7.45. The topological polar surface area (TPSA) is 66.8 Å². The van der Waals surface area contributed by atoms with E-state index in [0.717, 1.165) is 11.3 Å². The molecule has 0 aromatic heterocycles. The zero-order chi connectivity index (χ0) is 15.7. The lowest BCUT2D eigenvalue weighted by Crippen LogP contribution is -2.49. The van der Waals surface area contributed by atoms with Crippen molar-refractivity contribution in [2.24, 2.45) is 5.41 Å². The number of aliphatic carboxylic acids is 1. The van der Waals surface area contributed by atoms with Crippen LogP contribution in [0.25, 0.3) is 6.08 Å². The Bertz CT molecular complexity index is 652. The molecule has 3 rings (SSSR count). The van der Waals surface area contributed by atoms with Crippen LogP contribution in [-0.2, 0) is 9.59 Å². The number of carbonyl (C=O) groups excluding carboxylic acids is 1. The smallest absolute Gasteiger partial charge is 0.311 e. The van der Waals surface area contributed by atoms with Crippen molar-refractivity contribution in [2.45, 2.75) is 19.8 Å². The summed E-state index contributed by atoms with van der Waals surface area (Å²) in [5.74, 6) is -0.195. The molecule has 5 heteroatoms. The fraction of sp³-hybridized carbons (Fsp3) is 0.412. The monoisotopic (exact) mass is 301 g/mol. The van der Waals surface area contributed by atoms with Gasteiger partial charge < -0.3 is 14.7 Å². The van der Waals surface area contributed by atoms with Gasteiger partial charge in [0.05, 0.1) is 11.0 Å². The van der Waals surface area contributed by atoms with E-state index in [1.807, 2.05) is 30.3 Å². The van der Waals surface area contributed by atoms with Gasteiger partial charge in [-0.15, -0.1) is 0 Å². The number of nitrogens with zero attached hydrogens (tertiary/aromatic N) is 1. The molecule has 1 aromatic rings. The molecule has 1 unspecified atom stereocenters. The van der Waals surface area contributed by atoms with E-state index in [1.54, 1.807) is 11.8 Å². The second kappa shape index (κ2) is 5.48. The molecule has 0 bridgehead atoms. The van der Waals surface area contributed by atoms with Crippen LogP contribution in [0.5, 0.6) is 5.75 Å². The zero-order valence-electron chi connectivity index (χ0n) is 12.5. The van der Waals surface area contributed by atoms with E-state index in [-0.39, 0.29) is 19.1 Å². The number of rotatable bonds is 2. The number of likely N-dealkylation sites (tertiary alicyclic amines) is 1. The predicted molar refractivity (Wildman–Crippen MR) is 81.5 cm³/mol. The number of carboxylic acids is 1. The SMILES string of the molecule is CC1(C(=O)O)CCCN(C(=O)C2=Cc3ccccc3OC2)C1. The highest BCUT2D eigenvalue weighted by atomic mass is 16.5. The first-order chi connectivity index (χ1) is 10.5. The summed E-state index contributed by atoms with van der Waals surface area (Å²) in [6, 6.07) is 7.56. The van der Waals surface area contributed by atoms with E-state index >= 15 is 0 Å². The molecular weight excluding hydrogens is 282 g/mol. The van der Waals surface area contributed by atoms with Gasteiger partial charge in [-0.25, -0.2) is 0 Å². The Morgan fingerprint density at radius 3 is 2.86 bits per heavy atom. The van der Waals surface area contributed by atoms with Crippen molar-refractivity contribution < 1.29 is 19.4 Å². The number of amides is 1. The predicted octanol–water partition coefficient (Wildman–Crippen LogP) is 2.18. The molecular formula is C17H19NO4. The van der Waals surface area contributed by atoms with Crippen molar-refractivity contribution in [3.63, 3.8) is 0 Å². The summed E-state index contributed by atoms with van der Waals surface area (Å²) in [7, 11) is 0. The summed E-state index contributed by atoms with van der Waals surface area (Å²) in [6.07, 6.45) is 3.15. The first kappa shape index (κ1) is 14.6. The van der Waals surface area contributed by atoms with Gasteiger partial charge in [0, 0.05) is 18.7 Å². The van der Waals surface area contributed by atoms with Crippen LogP contribution in [0.15, 0.2) is 29.8 Å². The summed E-state index contributed by atoms with van der Waals surface area (Å²) in [5, 5.41) is 9.36. The maximum atomic E-state index is 12.7. The Morgan fingerprint density at radius 2 is 2.09 bits per heavy atom. The van der Waals surface area contributed by atoms with Crippen LogP contribution in [0, 0.1) is 5.41 Å². The molecule has 0 saturated carbocycles. The lowest BCUT2D eigenvalue weighted by atomic mass is 9.82. The summed E-state index contributed by atoms with van der Waals surface area (Å²) in [6.45, 7) is 2.78. The van der Waals surface area contributed by atoms with Gasteiger partial charge in [-0.05, 0) is 31.9 Å². The summed E-state index contributed by atoms with van der Waals surface area (Å²) < 4.78 is 5.62. The number of fused-ring (bicyclic) bond motifs is 1. The minimum Gasteiger partial charge on any atom is -0.488 e. The third kappa shape index (κ3) is 2.58. The van der Waals surface area contributed by atoms with Crippen molar-refractivity contribution >= 4 is 18.0 Å². The average Bonchev–Trinajstić information content (AvgIpc) is 2.53. The molecule has 1 atom stereocenters. The number of para-hydroxylation sites is 1. The summed E-state index contributed by atoms with van der Waals surface area (Å²) in [4.78, 5) is 25.7. The Balaban J connectivity index is 1.80. The van der Waals surface area contributed by atoms with Crippen LogP contribution in [0.3, 0.4) is 0 Å². The van der Waals surface area contributed by atoms with Crippen molar-refractivity contribution in [3.05, 3.63) is 35.4 Å². The highest BCUT2D eigenvalue weighted by Gasteiger charge is 2.40. The van der Waals surface area contributed by atoms with Crippen LogP contribution in [-0.4, -0.2) is 41.6 Å². The molecule has 116 valence electrons. The summed E-state index contributed by atoms with van der Waals surface area (Å²) >= 11 is 0. The highest BCUT2D eigenvalue weighted by molar-refractivity contribution is 5.99. The van der Waals surface area contributed by atoms with Gasteiger partial charge >= 0.3 is 5.97 Å². The van der Waals surface area contributed by atoms with Gasteiger partial charge in [0.15, 0.2) is 0 Å². The molecule has 0 aliphatic carbocycles. The van der Waals surface area contributed by atoms with E-state index in [1.165, 1.54) is 0 Å².